The first-order valence-electron chi connectivity index (χ1n) is 7.83. The number of amides is 1. The van der Waals surface area contributed by atoms with Crippen molar-refractivity contribution in [2.24, 2.45) is 0 Å². The van der Waals surface area contributed by atoms with E-state index in [1.165, 1.54) is 24.3 Å². The van der Waals surface area contributed by atoms with E-state index < -0.39 is 11.4 Å². The number of carbonyl (C=O) groups is 3. The van der Waals surface area contributed by atoms with E-state index in [0.717, 1.165) is 18.4 Å². The molecule has 0 heterocycles. The van der Waals surface area contributed by atoms with Crippen molar-refractivity contribution < 1.29 is 19.5 Å². The molecule has 1 amide bonds. The molecule has 25 heavy (non-hydrogen) atoms. The number of hydrogen-bond donors (Lipinski definition) is 2. The Balaban J connectivity index is 1.63. The van der Waals surface area contributed by atoms with Crippen LogP contribution in [0.1, 0.15) is 39.1 Å². The van der Waals surface area contributed by atoms with Crippen LogP contribution in [0.2, 0.25) is 5.02 Å². The van der Waals surface area contributed by atoms with Crippen LogP contribution >= 0.6 is 11.6 Å². The fourth-order valence-electron chi connectivity index (χ4n) is 2.77. The third kappa shape index (κ3) is 3.56. The van der Waals surface area contributed by atoms with Gasteiger partial charge in [0.25, 0.3) is 0 Å². The molecule has 0 aliphatic heterocycles. The molecule has 1 aliphatic carbocycles. The maximum atomic E-state index is 12.5. The Morgan fingerprint density at radius 2 is 1.52 bits per heavy atom. The van der Waals surface area contributed by atoms with Gasteiger partial charge in [0.15, 0.2) is 5.78 Å². The van der Waals surface area contributed by atoms with E-state index in [1.54, 1.807) is 12.1 Å². The summed E-state index contributed by atoms with van der Waals surface area (Å²) in [4.78, 5) is 35.5. The van der Waals surface area contributed by atoms with Crippen LogP contribution in [0.25, 0.3) is 0 Å². The fraction of sp³-hybridized carbons (Fsp3) is 0.211. The highest BCUT2D eigenvalue weighted by atomic mass is 35.5. The number of carboxylic acid groups (broad SMARTS) is 1. The molecule has 2 N–H and O–H groups in total. The first-order valence-corrected chi connectivity index (χ1v) is 8.21. The summed E-state index contributed by atoms with van der Waals surface area (Å²) in [6, 6.07) is 12.8. The molecule has 0 aromatic heterocycles. The van der Waals surface area contributed by atoms with Crippen molar-refractivity contribution in [1.29, 1.82) is 0 Å². The Bertz CT molecular complexity index is 824. The molecule has 0 unspecified atom stereocenters. The van der Waals surface area contributed by atoms with Gasteiger partial charge in [0.1, 0.15) is 0 Å². The van der Waals surface area contributed by atoms with Crippen LogP contribution in [0.15, 0.2) is 48.5 Å². The number of ketones is 1. The number of Topliss-reactive ketones (excluding diaryl/α,β-unsaturated/α-hetero) is 1. The second-order valence-corrected chi connectivity index (χ2v) is 6.51. The second kappa shape index (κ2) is 6.69. The summed E-state index contributed by atoms with van der Waals surface area (Å²) >= 11 is 5.88. The highest BCUT2D eigenvalue weighted by Crippen LogP contribution is 2.48. The third-order valence-electron chi connectivity index (χ3n) is 4.44. The zero-order valence-corrected chi connectivity index (χ0v) is 14.0. The molecule has 0 atom stereocenters. The number of carboxylic acids is 1. The minimum atomic E-state index is -1.05. The highest BCUT2D eigenvalue weighted by Gasteiger charge is 2.51. The van der Waals surface area contributed by atoms with Gasteiger partial charge in [-0.1, -0.05) is 35.9 Å². The summed E-state index contributed by atoms with van der Waals surface area (Å²) in [6.07, 6.45) is 1.48. The van der Waals surface area contributed by atoms with Crippen LogP contribution in [0, 0.1) is 0 Å². The quantitative estimate of drug-likeness (QED) is 0.778. The summed E-state index contributed by atoms with van der Waals surface area (Å²) in [5, 5.41) is 12.2. The first kappa shape index (κ1) is 17.2. The molecule has 0 radical (unpaired) electrons. The van der Waals surface area contributed by atoms with Gasteiger partial charge in [-0.25, -0.2) is 4.79 Å². The Hall–Kier alpha value is -2.66. The lowest BCUT2D eigenvalue weighted by molar-refractivity contribution is -0.123. The molecule has 1 saturated carbocycles. The molecule has 2 aromatic rings. The molecule has 6 heteroatoms. The number of carbonyl (C=O) groups excluding carboxylic acids is 2. The summed E-state index contributed by atoms with van der Waals surface area (Å²) in [7, 11) is 0. The lowest BCUT2D eigenvalue weighted by atomic mass is 9.95. The topological polar surface area (TPSA) is 83.5 Å². The maximum Gasteiger partial charge on any atom is 0.335 e. The average molecular weight is 358 g/mol. The van der Waals surface area contributed by atoms with Crippen molar-refractivity contribution in [3.63, 3.8) is 0 Å². The fourth-order valence-corrected chi connectivity index (χ4v) is 2.90. The number of nitrogens with one attached hydrogen (secondary N) is 1. The van der Waals surface area contributed by atoms with Gasteiger partial charge in [-0.3, -0.25) is 9.59 Å². The van der Waals surface area contributed by atoms with Crippen molar-refractivity contribution in [3.8, 4) is 0 Å². The molecule has 128 valence electrons. The standard InChI is InChI=1S/C19H16ClNO4/c20-15-7-5-14(6-8-15)19(9-10-19)18(25)21-11-16(22)12-1-3-13(4-2-12)17(23)24/h1-8H,9-11H2,(H,21,25)(H,23,24). The Kier molecular flexibility index (Phi) is 4.59. The maximum absolute atomic E-state index is 12.5. The number of halogens is 1. The van der Waals surface area contributed by atoms with Crippen molar-refractivity contribution in [1.82, 2.24) is 5.32 Å². The number of rotatable bonds is 6. The smallest absolute Gasteiger partial charge is 0.335 e. The van der Waals surface area contributed by atoms with E-state index in [2.05, 4.69) is 5.32 Å². The minimum Gasteiger partial charge on any atom is -0.478 e. The van der Waals surface area contributed by atoms with Crippen molar-refractivity contribution >= 4 is 29.3 Å². The first-order chi connectivity index (χ1) is 11.9. The lowest BCUT2D eigenvalue weighted by Gasteiger charge is -2.15. The Morgan fingerprint density at radius 1 is 0.960 bits per heavy atom. The zero-order chi connectivity index (χ0) is 18.0. The van der Waals surface area contributed by atoms with Crippen molar-refractivity contribution in [3.05, 3.63) is 70.2 Å². The van der Waals surface area contributed by atoms with E-state index in [9.17, 15) is 14.4 Å². The van der Waals surface area contributed by atoms with Crippen LogP contribution < -0.4 is 5.32 Å². The third-order valence-corrected chi connectivity index (χ3v) is 4.70. The zero-order valence-electron chi connectivity index (χ0n) is 13.3. The molecule has 3 rings (SSSR count). The van der Waals surface area contributed by atoms with Crippen LogP contribution in [0.4, 0.5) is 0 Å². The van der Waals surface area contributed by atoms with E-state index in [0.29, 0.717) is 10.6 Å². The predicted molar refractivity (Wildman–Crippen MR) is 93.1 cm³/mol. The highest BCUT2D eigenvalue weighted by molar-refractivity contribution is 6.30. The van der Waals surface area contributed by atoms with E-state index >= 15 is 0 Å². The van der Waals surface area contributed by atoms with Gasteiger partial charge in [0.05, 0.1) is 17.5 Å². The van der Waals surface area contributed by atoms with Gasteiger partial charge >= 0.3 is 5.97 Å². The largest absolute Gasteiger partial charge is 0.478 e. The predicted octanol–water partition coefficient (Wildman–Crippen LogP) is 3.07. The van der Waals surface area contributed by atoms with E-state index in [1.807, 2.05) is 12.1 Å². The monoisotopic (exact) mass is 357 g/mol. The Morgan fingerprint density at radius 3 is 2.04 bits per heavy atom. The Labute approximate surface area is 149 Å². The van der Waals surface area contributed by atoms with E-state index in [4.69, 9.17) is 16.7 Å². The molecule has 1 fully saturated rings. The summed E-state index contributed by atoms with van der Waals surface area (Å²) in [5.74, 6) is -1.49. The number of hydrogen-bond acceptors (Lipinski definition) is 3. The van der Waals surface area contributed by atoms with Crippen LogP contribution in [0.5, 0.6) is 0 Å². The normalized spacial score (nSPS) is 14.6. The molecular formula is C19H16ClNO4. The van der Waals surface area contributed by atoms with Crippen LogP contribution in [-0.4, -0.2) is 29.3 Å². The number of aromatic carboxylic acids is 1. The van der Waals surface area contributed by atoms with Crippen LogP contribution in [0.3, 0.4) is 0 Å². The van der Waals surface area contributed by atoms with Gasteiger partial charge in [0, 0.05) is 10.6 Å². The van der Waals surface area contributed by atoms with Crippen molar-refractivity contribution in [2.75, 3.05) is 6.54 Å². The van der Waals surface area contributed by atoms with Crippen molar-refractivity contribution in [2.45, 2.75) is 18.3 Å². The van der Waals surface area contributed by atoms with Gasteiger partial charge in [-0.2, -0.15) is 0 Å². The molecule has 1 aliphatic rings. The van der Waals surface area contributed by atoms with E-state index in [-0.39, 0.29) is 23.8 Å². The summed E-state index contributed by atoms with van der Waals surface area (Å²) < 4.78 is 0. The molecule has 5 nitrogen and oxygen atoms in total. The summed E-state index contributed by atoms with van der Waals surface area (Å²) in [6.45, 7) is -0.124. The lowest BCUT2D eigenvalue weighted by Crippen LogP contribution is -2.37. The second-order valence-electron chi connectivity index (χ2n) is 6.08. The molecule has 0 saturated heterocycles. The van der Waals surface area contributed by atoms with Gasteiger partial charge in [-0.05, 0) is 42.7 Å². The van der Waals surface area contributed by atoms with Crippen LogP contribution in [-0.2, 0) is 10.2 Å². The summed E-state index contributed by atoms with van der Waals surface area (Å²) in [5.41, 5.74) is 0.799. The average Bonchev–Trinajstić information content (AvgIpc) is 3.42. The van der Waals surface area contributed by atoms with Gasteiger partial charge in [0.2, 0.25) is 5.91 Å². The molecule has 2 aromatic carbocycles. The molecule has 0 bridgehead atoms. The molecular weight excluding hydrogens is 342 g/mol. The SMILES string of the molecule is O=C(O)c1ccc(C(=O)CNC(=O)C2(c3ccc(Cl)cc3)CC2)cc1. The van der Waals surface area contributed by atoms with Gasteiger partial charge < -0.3 is 10.4 Å². The minimum absolute atomic E-state index is 0.111. The molecule has 0 spiro atoms. The number of benzene rings is 2. The van der Waals surface area contributed by atoms with Gasteiger partial charge in [-0.15, -0.1) is 0 Å².